The summed E-state index contributed by atoms with van der Waals surface area (Å²) < 4.78 is 5.57. The molecule has 1 aliphatic heterocycles. The van der Waals surface area contributed by atoms with Crippen molar-refractivity contribution in [1.82, 2.24) is 5.32 Å². The standard InChI is InChI=1S/C8H15NO/c1-2-7(9-5-1)6-10-8-3-4-8/h7-9H,1-6H2. The zero-order chi connectivity index (χ0) is 6.81. The van der Waals surface area contributed by atoms with Gasteiger partial charge in [0.2, 0.25) is 0 Å². The van der Waals surface area contributed by atoms with Crippen molar-refractivity contribution in [3.05, 3.63) is 0 Å². The van der Waals surface area contributed by atoms with Crippen molar-refractivity contribution in [1.29, 1.82) is 0 Å². The predicted molar refractivity (Wildman–Crippen MR) is 40.0 cm³/mol. The van der Waals surface area contributed by atoms with E-state index in [0.29, 0.717) is 12.1 Å². The molecule has 0 radical (unpaired) electrons. The highest BCUT2D eigenvalue weighted by Gasteiger charge is 2.24. The van der Waals surface area contributed by atoms with Crippen LogP contribution in [0.5, 0.6) is 0 Å². The molecule has 1 heterocycles. The fraction of sp³-hybridized carbons (Fsp3) is 1.00. The van der Waals surface area contributed by atoms with Gasteiger partial charge in [-0.05, 0) is 32.2 Å². The molecule has 2 aliphatic rings. The summed E-state index contributed by atoms with van der Waals surface area (Å²) in [4.78, 5) is 0. The van der Waals surface area contributed by atoms with Gasteiger partial charge in [0, 0.05) is 6.04 Å². The Morgan fingerprint density at radius 1 is 1.30 bits per heavy atom. The number of ether oxygens (including phenoxy) is 1. The number of rotatable bonds is 3. The molecule has 2 fully saturated rings. The summed E-state index contributed by atoms with van der Waals surface area (Å²) >= 11 is 0. The first-order chi connectivity index (χ1) is 4.95. The second kappa shape index (κ2) is 2.89. The van der Waals surface area contributed by atoms with E-state index in [9.17, 15) is 0 Å². The summed E-state index contributed by atoms with van der Waals surface area (Å²) in [7, 11) is 0. The van der Waals surface area contributed by atoms with E-state index in [4.69, 9.17) is 4.74 Å². The first-order valence-electron chi connectivity index (χ1n) is 4.30. The molecule has 2 nitrogen and oxygen atoms in total. The van der Waals surface area contributed by atoms with Crippen molar-refractivity contribution in [2.24, 2.45) is 0 Å². The van der Waals surface area contributed by atoms with Crippen molar-refractivity contribution in [3.63, 3.8) is 0 Å². The SMILES string of the molecule is C1CNC(COC2CC2)C1. The lowest BCUT2D eigenvalue weighted by molar-refractivity contribution is 0.102. The molecule has 0 aromatic heterocycles. The van der Waals surface area contributed by atoms with Crippen LogP contribution in [0.25, 0.3) is 0 Å². The molecule has 1 N–H and O–H groups in total. The molecule has 1 saturated carbocycles. The van der Waals surface area contributed by atoms with Gasteiger partial charge >= 0.3 is 0 Å². The molecular formula is C8H15NO. The number of hydrogen-bond acceptors (Lipinski definition) is 2. The van der Waals surface area contributed by atoms with Crippen LogP contribution in [0.4, 0.5) is 0 Å². The summed E-state index contributed by atoms with van der Waals surface area (Å²) in [5.41, 5.74) is 0. The number of nitrogens with one attached hydrogen (secondary N) is 1. The van der Waals surface area contributed by atoms with Crippen LogP contribution in [0.2, 0.25) is 0 Å². The van der Waals surface area contributed by atoms with Crippen molar-refractivity contribution >= 4 is 0 Å². The van der Waals surface area contributed by atoms with Gasteiger partial charge in [0.25, 0.3) is 0 Å². The van der Waals surface area contributed by atoms with E-state index in [0.717, 1.165) is 6.61 Å². The summed E-state index contributed by atoms with van der Waals surface area (Å²) in [6, 6.07) is 0.667. The van der Waals surface area contributed by atoms with Crippen LogP contribution in [0, 0.1) is 0 Å². The Morgan fingerprint density at radius 2 is 2.20 bits per heavy atom. The van der Waals surface area contributed by atoms with Crippen molar-refractivity contribution in [2.75, 3.05) is 13.2 Å². The zero-order valence-corrected chi connectivity index (χ0v) is 6.31. The van der Waals surface area contributed by atoms with E-state index in [2.05, 4.69) is 5.32 Å². The molecule has 0 amide bonds. The minimum atomic E-state index is 0.627. The first kappa shape index (κ1) is 6.62. The second-order valence-corrected chi connectivity index (χ2v) is 3.33. The van der Waals surface area contributed by atoms with E-state index in [1.165, 1.54) is 32.2 Å². The maximum atomic E-state index is 5.57. The van der Waals surface area contributed by atoms with Gasteiger partial charge in [0.15, 0.2) is 0 Å². The van der Waals surface area contributed by atoms with Crippen molar-refractivity contribution < 1.29 is 4.74 Å². The molecule has 1 aliphatic carbocycles. The molecule has 58 valence electrons. The topological polar surface area (TPSA) is 21.3 Å². The van der Waals surface area contributed by atoms with E-state index in [1.54, 1.807) is 0 Å². The molecule has 1 atom stereocenters. The van der Waals surface area contributed by atoms with Crippen molar-refractivity contribution in [3.8, 4) is 0 Å². The average molecular weight is 141 g/mol. The molecule has 0 aromatic rings. The third-order valence-corrected chi connectivity index (χ3v) is 2.22. The highest BCUT2D eigenvalue weighted by Crippen LogP contribution is 2.24. The molecule has 0 bridgehead atoms. The molecule has 2 heteroatoms. The fourth-order valence-corrected chi connectivity index (χ4v) is 1.39. The lowest BCUT2D eigenvalue weighted by Gasteiger charge is -2.09. The van der Waals surface area contributed by atoms with E-state index in [1.807, 2.05) is 0 Å². The van der Waals surface area contributed by atoms with Crippen LogP contribution in [0.15, 0.2) is 0 Å². The van der Waals surface area contributed by atoms with Crippen LogP contribution in [0.3, 0.4) is 0 Å². The van der Waals surface area contributed by atoms with Gasteiger partial charge in [-0.25, -0.2) is 0 Å². The smallest absolute Gasteiger partial charge is 0.0623 e. The molecule has 1 unspecified atom stereocenters. The van der Waals surface area contributed by atoms with Gasteiger partial charge in [-0.15, -0.1) is 0 Å². The number of hydrogen-bond donors (Lipinski definition) is 1. The van der Waals surface area contributed by atoms with Crippen LogP contribution < -0.4 is 5.32 Å². The van der Waals surface area contributed by atoms with Crippen molar-refractivity contribution in [2.45, 2.75) is 37.8 Å². The molecule has 1 saturated heterocycles. The molecule has 0 spiro atoms. The maximum absolute atomic E-state index is 5.57. The van der Waals surface area contributed by atoms with E-state index >= 15 is 0 Å². The Morgan fingerprint density at radius 3 is 2.80 bits per heavy atom. The van der Waals surface area contributed by atoms with Gasteiger partial charge in [-0.1, -0.05) is 0 Å². The second-order valence-electron chi connectivity index (χ2n) is 3.33. The Bertz CT molecular complexity index is 106. The predicted octanol–water partition coefficient (Wildman–Crippen LogP) is 0.917. The Kier molecular flexibility index (Phi) is 1.91. The highest BCUT2D eigenvalue weighted by molar-refractivity contribution is 4.78. The fourth-order valence-electron chi connectivity index (χ4n) is 1.39. The van der Waals surface area contributed by atoms with Gasteiger partial charge in [0.05, 0.1) is 12.7 Å². The molecule has 2 rings (SSSR count). The molecular weight excluding hydrogens is 126 g/mol. The lowest BCUT2D eigenvalue weighted by atomic mass is 10.2. The highest BCUT2D eigenvalue weighted by atomic mass is 16.5. The van der Waals surface area contributed by atoms with Gasteiger partial charge in [0.1, 0.15) is 0 Å². The Labute approximate surface area is 61.9 Å². The third kappa shape index (κ3) is 1.70. The minimum absolute atomic E-state index is 0.627. The van der Waals surface area contributed by atoms with Gasteiger partial charge in [-0.2, -0.15) is 0 Å². The van der Waals surface area contributed by atoms with Gasteiger partial charge < -0.3 is 10.1 Å². The third-order valence-electron chi connectivity index (χ3n) is 2.22. The normalized spacial score (nSPS) is 33.0. The Hall–Kier alpha value is -0.0800. The van der Waals surface area contributed by atoms with Crippen LogP contribution in [-0.4, -0.2) is 25.3 Å². The summed E-state index contributed by atoms with van der Waals surface area (Å²) in [6.07, 6.45) is 5.87. The monoisotopic (exact) mass is 141 g/mol. The molecule has 0 aromatic carbocycles. The van der Waals surface area contributed by atoms with E-state index < -0.39 is 0 Å². The maximum Gasteiger partial charge on any atom is 0.0623 e. The van der Waals surface area contributed by atoms with Gasteiger partial charge in [-0.3, -0.25) is 0 Å². The van der Waals surface area contributed by atoms with Crippen LogP contribution in [0.1, 0.15) is 25.7 Å². The van der Waals surface area contributed by atoms with Crippen LogP contribution in [-0.2, 0) is 4.74 Å². The van der Waals surface area contributed by atoms with Crippen LogP contribution >= 0.6 is 0 Å². The Balaban J connectivity index is 1.59. The van der Waals surface area contributed by atoms with E-state index in [-0.39, 0.29) is 0 Å². The lowest BCUT2D eigenvalue weighted by Crippen LogP contribution is -2.27. The quantitative estimate of drug-likeness (QED) is 0.631. The summed E-state index contributed by atoms with van der Waals surface area (Å²) in [5.74, 6) is 0. The first-order valence-corrected chi connectivity index (χ1v) is 4.30. The largest absolute Gasteiger partial charge is 0.377 e. The summed E-state index contributed by atoms with van der Waals surface area (Å²) in [5, 5.41) is 3.41. The summed E-state index contributed by atoms with van der Waals surface area (Å²) in [6.45, 7) is 2.14. The minimum Gasteiger partial charge on any atom is -0.377 e. The average Bonchev–Trinajstić information content (AvgIpc) is 2.63. The zero-order valence-electron chi connectivity index (χ0n) is 6.31. The molecule has 10 heavy (non-hydrogen) atoms.